The zero-order valence-corrected chi connectivity index (χ0v) is 9.79. The lowest BCUT2D eigenvalue weighted by atomic mass is 10.1. The molecule has 0 bridgehead atoms. The molecule has 0 amide bonds. The summed E-state index contributed by atoms with van der Waals surface area (Å²) in [7, 11) is 0. The number of carbonyl (C=O) groups is 1. The molecule has 100 valence electrons. The van der Waals surface area contributed by atoms with E-state index in [9.17, 15) is 18.0 Å². The summed E-state index contributed by atoms with van der Waals surface area (Å²) in [6, 6.07) is 4.36. The number of carboxylic acids is 1. The molecule has 0 aromatic heterocycles. The first-order valence-corrected chi connectivity index (χ1v) is 5.47. The van der Waals surface area contributed by atoms with Crippen LogP contribution in [0.1, 0.15) is 18.9 Å². The molecule has 0 aliphatic heterocycles. The predicted molar refractivity (Wildman–Crippen MR) is 61.5 cm³/mol. The number of rotatable bonds is 5. The van der Waals surface area contributed by atoms with Crippen molar-refractivity contribution in [3.63, 3.8) is 0 Å². The van der Waals surface area contributed by atoms with Crippen LogP contribution in [0.25, 0.3) is 0 Å². The molecule has 3 nitrogen and oxygen atoms in total. The number of anilines is 1. The summed E-state index contributed by atoms with van der Waals surface area (Å²) in [5.74, 6) is -1.49. The molecule has 0 spiro atoms. The Bertz CT molecular complexity index is 401. The number of nitrogens with one attached hydrogen (secondary N) is 1. The van der Waals surface area contributed by atoms with Crippen LogP contribution in [0.2, 0.25) is 0 Å². The Morgan fingerprint density at radius 3 is 2.28 bits per heavy atom. The molecule has 1 unspecified atom stereocenters. The Kier molecular flexibility index (Phi) is 4.58. The van der Waals surface area contributed by atoms with Crippen LogP contribution in [0.4, 0.5) is 18.9 Å². The second kappa shape index (κ2) is 5.75. The SMILES string of the molecule is CCc1ccc(NC(CC(=O)O)C(F)(F)F)cc1. The minimum atomic E-state index is -4.60. The molecule has 0 saturated carbocycles. The maximum atomic E-state index is 12.6. The van der Waals surface area contributed by atoms with E-state index in [1.807, 2.05) is 6.92 Å². The Morgan fingerprint density at radius 2 is 1.89 bits per heavy atom. The van der Waals surface area contributed by atoms with Crippen LogP contribution in [0.5, 0.6) is 0 Å². The fourth-order valence-corrected chi connectivity index (χ4v) is 1.46. The summed E-state index contributed by atoms with van der Waals surface area (Å²) in [6.07, 6.45) is -4.81. The minimum absolute atomic E-state index is 0.260. The van der Waals surface area contributed by atoms with Crippen LogP contribution in [0, 0.1) is 0 Å². The number of benzene rings is 1. The summed E-state index contributed by atoms with van der Waals surface area (Å²) in [4.78, 5) is 10.4. The maximum absolute atomic E-state index is 12.6. The molecule has 0 saturated heterocycles. The van der Waals surface area contributed by atoms with E-state index < -0.39 is 24.6 Å². The molecule has 1 rings (SSSR count). The van der Waals surface area contributed by atoms with E-state index in [0.29, 0.717) is 0 Å². The first-order chi connectivity index (χ1) is 8.32. The van der Waals surface area contributed by atoms with Crippen molar-refractivity contribution in [3.05, 3.63) is 29.8 Å². The van der Waals surface area contributed by atoms with Gasteiger partial charge in [-0.2, -0.15) is 13.2 Å². The van der Waals surface area contributed by atoms with Crippen LogP contribution < -0.4 is 5.32 Å². The Labute approximate surface area is 103 Å². The van der Waals surface area contributed by atoms with Gasteiger partial charge in [-0.05, 0) is 24.1 Å². The van der Waals surface area contributed by atoms with Crippen molar-refractivity contribution >= 4 is 11.7 Å². The number of alkyl halides is 3. The third kappa shape index (κ3) is 4.27. The third-order valence-electron chi connectivity index (χ3n) is 2.48. The zero-order valence-electron chi connectivity index (χ0n) is 9.79. The van der Waals surface area contributed by atoms with Crippen LogP contribution in [-0.4, -0.2) is 23.3 Å². The highest BCUT2D eigenvalue weighted by molar-refractivity contribution is 5.68. The average Bonchev–Trinajstić information content (AvgIpc) is 2.27. The molecule has 1 aromatic carbocycles. The van der Waals surface area contributed by atoms with E-state index in [4.69, 9.17) is 5.11 Å². The Morgan fingerprint density at radius 1 is 1.33 bits per heavy atom. The molecule has 2 N–H and O–H groups in total. The monoisotopic (exact) mass is 261 g/mol. The fourth-order valence-electron chi connectivity index (χ4n) is 1.46. The molecule has 1 aromatic rings. The van der Waals surface area contributed by atoms with Gasteiger partial charge in [-0.3, -0.25) is 4.79 Å². The van der Waals surface area contributed by atoms with Crippen molar-refractivity contribution < 1.29 is 23.1 Å². The molecule has 0 aliphatic carbocycles. The zero-order chi connectivity index (χ0) is 13.8. The minimum Gasteiger partial charge on any atom is -0.481 e. The topological polar surface area (TPSA) is 49.3 Å². The average molecular weight is 261 g/mol. The molecule has 18 heavy (non-hydrogen) atoms. The Balaban J connectivity index is 2.79. The van der Waals surface area contributed by atoms with Crippen molar-refractivity contribution in [2.24, 2.45) is 0 Å². The van der Waals surface area contributed by atoms with E-state index in [1.165, 1.54) is 12.1 Å². The van der Waals surface area contributed by atoms with Gasteiger partial charge in [0.2, 0.25) is 0 Å². The quantitative estimate of drug-likeness (QED) is 0.856. The smallest absolute Gasteiger partial charge is 0.409 e. The highest BCUT2D eigenvalue weighted by Gasteiger charge is 2.41. The van der Waals surface area contributed by atoms with Crippen LogP contribution in [-0.2, 0) is 11.2 Å². The van der Waals surface area contributed by atoms with Gasteiger partial charge in [-0.1, -0.05) is 19.1 Å². The van der Waals surface area contributed by atoms with Gasteiger partial charge in [0.25, 0.3) is 0 Å². The number of hydrogen-bond acceptors (Lipinski definition) is 2. The van der Waals surface area contributed by atoms with Gasteiger partial charge in [0, 0.05) is 5.69 Å². The van der Waals surface area contributed by atoms with Crippen LogP contribution in [0.3, 0.4) is 0 Å². The summed E-state index contributed by atoms with van der Waals surface area (Å²) < 4.78 is 37.8. The van der Waals surface area contributed by atoms with E-state index in [1.54, 1.807) is 12.1 Å². The van der Waals surface area contributed by atoms with Gasteiger partial charge in [0.1, 0.15) is 6.04 Å². The van der Waals surface area contributed by atoms with Crippen molar-refractivity contribution in [1.29, 1.82) is 0 Å². The number of aliphatic carboxylic acids is 1. The molecule has 0 aliphatic rings. The second-order valence-corrected chi connectivity index (χ2v) is 3.89. The van der Waals surface area contributed by atoms with Crippen molar-refractivity contribution in [2.45, 2.75) is 32.0 Å². The first kappa shape index (κ1) is 14.3. The van der Waals surface area contributed by atoms with Gasteiger partial charge in [-0.25, -0.2) is 0 Å². The van der Waals surface area contributed by atoms with Crippen LogP contribution >= 0.6 is 0 Å². The van der Waals surface area contributed by atoms with Gasteiger partial charge in [0.05, 0.1) is 6.42 Å². The summed E-state index contributed by atoms with van der Waals surface area (Å²) >= 11 is 0. The summed E-state index contributed by atoms with van der Waals surface area (Å²) in [5, 5.41) is 10.7. The van der Waals surface area contributed by atoms with Crippen LogP contribution in [0.15, 0.2) is 24.3 Å². The second-order valence-electron chi connectivity index (χ2n) is 3.89. The predicted octanol–water partition coefficient (Wildman–Crippen LogP) is 3.07. The fraction of sp³-hybridized carbons (Fsp3) is 0.417. The lowest BCUT2D eigenvalue weighted by Gasteiger charge is -2.21. The van der Waals surface area contributed by atoms with Gasteiger partial charge in [0.15, 0.2) is 0 Å². The highest BCUT2D eigenvalue weighted by atomic mass is 19.4. The summed E-state index contributed by atoms with van der Waals surface area (Å²) in [5.41, 5.74) is 1.26. The molecule has 1 atom stereocenters. The van der Waals surface area contributed by atoms with Crippen molar-refractivity contribution in [1.82, 2.24) is 0 Å². The highest BCUT2D eigenvalue weighted by Crippen LogP contribution is 2.26. The number of carboxylic acid groups (broad SMARTS) is 1. The summed E-state index contributed by atoms with van der Waals surface area (Å²) in [6.45, 7) is 1.94. The van der Waals surface area contributed by atoms with Crippen molar-refractivity contribution in [3.8, 4) is 0 Å². The standard InChI is InChI=1S/C12H14F3NO2/c1-2-8-3-5-9(6-4-8)16-10(7-11(17)18)12(13,14)15/h3-6,10,16H,2,7H2,1H3,(H,17,18). The Hall–Kier alpha value is -1.72. The van der Waals surface area contributed by atoms with Gasteiger partial charge >= 0.3 is 12.1 Å². The number of halogens is 3. The lowest BCUT2D eigenvalue weighted by molar-refractivity contribution is -0.157. The lowest BCUT2D eigenvalue weighted by Crippen LogP contribution is -2.38. The molecular formula is C12H14F3NO2. The third-order valence-corrected chi connectivity index (χ3v) is 2.48. The first-order valence-electron chi connectivity index (χ1n) is 5.47. The van der Waals surface area contributed by atoms with E-state index in [-0.39, 0.29) is 5.69 Å². The van der Waals surface area contributed by atoms with Gasteiger partial charge in [-0.15, -0.1) is 0 Å². The molecule has 0 heterocycles. The normalized spacial score (nSPS) is 13.1. The van der Waals surface area contributed by atoms with E-state index in [2.05, 4.69) is 5.32 Å². The number of hydrogen-bond donors (Lipinski definition) is 2. The number of aryl methyl sites for hydroxylation is 1. The van der Waals surface area contributed by atoms with Crippen molar-refractivity contribution in [2.75, 3.05) is 5.32 Å². The largest absolute Gasteiger partial charge is 0.481 e. The molecular weight excluding hydrogens is 247 g/mol. The van der Waals surface area contributed by atoms with Gasteiger partial charge < -0.3 is 10.4 Å². The molecule has 6 heteroatoms. The molecule has 0 fully saturated rings. The maximum Gasteiger partial charge on any atom is 0.409 e. The molecule has 0 radical (unpaired) electrons. The van der Waals surface area contributed by atoms with E-state index >= 15 is 0 Å². The van der Waals surface area contributed by atoms with E-state index in [0.717, 1.165) is 12.0 Å².